The summed E-state index contributed by atoms with van der Waals surface area (Å²) in [4.78, 5) is 30.1. The van der Waals surface area contributed by atoms with E-state index in [1.807, 2.05) is 32.0 Å². The lowest BCUT2D eigenvalue weighted by atomic mass is 10.0. The summed E-state index contributed by atoms with van der Waals surface area (Å²) in [6.45, 7) is 4.35. The minimum atomic E-state index is -0.434. The number of aromatic nitrogens is 1. The normalized spacial score (nSPS) is 13.1. The van der Waals surface area contributed by atoms with E-state index in [1.165, 1.54) is 12.1 Å². The lowest BCUT2D eigenvalue weighted by Gasteiger charge is -2.19. The highest BCUT2D eigenvalue weighted by Crippen LogP contribution is 2.33. The third-order valence-electron chi connectivity index (χ3n) is 4.74. The Bertz CT molecular complexity index is 1080. The first-order valence-electron chi connectivity index (χ1n) is 8.41. The molecule has 1 amide bonds. The number of carbonyl (C=O) groups excluding carboxylic acids is 1. The number of fused-ring (bicyclic) bond motifs is 2. The van der Waals surface area contributed by atoms with Crippen molar-refractivity contribution >= 4 is 28.2 Å². The van der Waals surface area contributed by atoms with E-state index in [2.05, 4.69) is 4.98 Å². The number of rotatable bonds is 2. The molecule has 2 aromatic carbocycles. The maximum Gasteiger partial charge on any atom is 0.271 e. The van der Waals surface area contributed by atoms with Crippen molar-refractivity contribution in [3.63, 3.8) is 0 Å². The van der Waals surface area contributed by atoms with Crippen molar-refractivity contribution < 1.29 is 9.72 Å². The molecule has 26 heavy (non-hydrogen) atoms. The predicted octanol–water partition coefficient (Wildman–Crippen LogP) is 3.96. The van der Waals surface area contributed by atoms with Gasteiger partial charge in [0.25, 0.3) is 11.6 Å². The van der Waals surface area contributed by atoms with Gasteiger partial charge < -0.3 is 4.90 Å². The molecular formula is C20H17N3O3. The van der Waals surface area contributed by atoms with Crippen LogP contribution in [0.2, 0.25) is 0 Å². The van der Waals surface area contributed by atoms with Gasteiger partial charge in [-0.15, -0.1) is 0 Å². The second kappa shape index (κ2) is 5.91. The smallest absolute Gasteiger partial charge is 0.271 e. The van der Waals surface area contributed by atoms with Crippen molar-refractivity contribution in [2.75, 3.05) is 11.4 Å². The van der Waals surface area contributed by atoms with Gasteiger partial charge in [0.1, 0.15) is 0 Å². The maximum absolute atomic E-state index is 13.3. The van der Waals surface area contributed by atoms with Crippen LogP contribution in [0.1, 0.15) is 27.2 Å². The first kappa shape index (κ1) is 16.2. The minimum Gasteiger partial charge on any atom is -0.307 e. The Labute approximate surface area is 150 Å². The van der Waals surface area contributed by atoms with E-state index in [0.717, 1.165) is 27.7 Å². The van der Waals surface area contributed by atoms with Crippen LogP contribution in [0.3, 0.4) is 0 Å². The third-order valence-corrected chi connectivity index (χ3v) is 4.74. The number of non-ortho nitro benzene ring substituents is 1. The first-order valence-corrected chi connectivity index (χ1v) is 8.41. The number of nitro groups is 1. The molecule has 0 fully saturated rings. The van der Waals surface area contributed by atoms with Crippen LogP contribution in [0.4, 0.5) is 11.4 Å². The summed E-state index contributed by atoms with van der Waals surface area (Å²) in [5, 5.41) is 11.9. The standard InChI is InChI=1S/C20H17N3O3/c1-12-3-6-18-16(9-12)17(10-13(2)21-18)20(24)22-8-7-14-4-5-15(23(25)26)11-19(14)22/h3-6,9-11H,7-8H2,1-2H3. The van der Waals surface area contributed by atoms with Crippen LogP contribution < -0.4 is 4.90 Å². The zero-order valence-corrected chi connectivity index (χ0v) is 14.5. The zero-order chi connectivity index (χ0) is 18.4. The molecule has 0 saturated heterocycles. The number of pyridine rings is 1. The molecule has 1 aliphatic heterocycles. The molecule has 0 atom stereocenters. The third kappa shape index (κ3) is 2.60. The van der Waals surface area contributed by atoms with Gasteiger partial charge in [-0.3, -0.25) is 19.9 Å². The summed E-state index contributed by atoms with van der Waals surface area (Å²) in [5.41, 5.74) is 4.75. The van der Waals surface area contributed by atoms with Gasteiger partial charge in [-0.05, 0) is 44.0 Å². The second-order valence-corrected chi connectivity index (χ2v) is 6.61. The topological polar surface area (TPSA) is 76.3 Å². The van der Waals surface area contributed by atoms with Gasteiger partial charge in [0.05, 0.1) is 21.7 Å². The molecule has 0 N–H and O–H groups in total. The van der Waals surface area contributed by atoms with Crippen LogP contribution >= 0.6 is 0 Å². The van der Waals surface area contributed by atoms with E-state index in [-0.39, 0.29) is 11.6 Å². The zero-order valence-electron chi connectivity index (χ0n) is 14.5. The highest BCUT2D eigenvalue weighted by Gasteiger charge is 2.28. The van der Waals surface area contributed by atoms with Crippen LogP contribution in [-0.4, -0.2) is 22.4 Å². The maximum atomic E-state index is 13.3. The Hall–Kier alpha value is -3.28. The van der Waals surface area contributed by atoms with Crippen molar-refractivity contribution in [1.82, 2.24) is 4.98 Å². The van der Waals surface area contributed by atoms with Gasteiger partial charge in [-0.1, -0.05) is 17.7 Å². The molecule has 3 aromatic rings. The Morgan fingerprint density at radius 2 is 1.96 bits per heavy atom. The molecule has 130 valence electrons. The summed E-state index contributed by atoms with van der Waals surface area (Å²) in [6.07, 6.45) is 0.695. The molecule has 2 heterocycles. The molecule has 6 heteroatoms. The fraction of sp³-hybridized carbons (Fsp3) is 0.200. The number of hydrogen-bond donors (Lipinski definition) is 0. The fourth-order valence-electron chi connectivity index (χ4n) is 3.49. The lowest BCUT2D eigenvalue weighted by Crippen LogP contribution is -2.29. The Balaban J connectivity index is 1.84. The Morgan fingerprint density at radius 3 is 2.73 bits per heavy atom. The van der Waals surface area contributed by atoms with Crippen molar-refractivity contribution in [3.8, 4) is 0 Å². The first-order chi connectivity index (χ1) is 12.4. The van der Waals surface area contributed by atoms with Crippen molar-refractivity contribution in [2.45, 2.75) is 20.3 Å². The monoisotopic (exact) mass is 347 g/mol. The summed E-state index contributed by atoms with van der Waals surface area (Å²) >= 11 is 0. The van der Waals surface area contributed by atoms with E-state index in [4.69, 9.17) is 0 Å². The van der Waals surface area contributed by atoms with Crippen LogP contribution in [0.15, 0.2) is 42.5 Å². The molecule has 0 saturated carbocycles. The number of hydrogen-bond acceptors (Lipinski definition) is 4. The van der Waals surface area contributed by atoms with Gasteiger partial charge in [0.15, 0.2) is 0 Å². The average molecular weight is 347 g/mol. The van der Waals surface area contributed by atoms with Crippen LogP contribution in [0.5, 0.6) is 0 Å². The molecule has 0 bridgehead atoms. The van der Waals surface area contributed by atoms with E-state index >= 15 is 0 Å². The molecule has 0 aliphatic carbocycles. The SMILES string of the molecule is Cc1ccc2nc(C)cc(C(=O)N3CCc4ccc([N+](=O)[O-])cc43)c2c1. The van der Waals surface area contributed by atoms with E-state index in [9.17, 15) is 14.9 Å². The fourth-order valence-corrected chi connectivity index (χ4v) is 3.49. The number of aryl methyl sites for hydroxylation is 2. The molecule has 0 unspecified atom stereocenters. The highest BCUT2D eigenvalue weighted by atomic mass is 16.6. The molecule has 1 aliphatic rings. The molecule has 0 radical (unpaired) electrons. The Morgan fingerprint density at radius 1 is 1.15 bits per heavy atom. The predicted molar refractivity (Wildman–Crippen MR) is 99.7 cm³/mol. The minimum absolute atomic E-state index is 0.00457. The molecule has 1 aromatic heterocycles. The number of benzene rings is 2. The lowest BCUT2D eigenvalue weighted by molar-refractivity contribution is -0.384. The summed E-state index contributed by atoms with van der Waals surface area (Å²) in [7, 11) is 0. The number of nitro benzene ring substituents is 1. The van der Waals surface area contributed by atoms with Crippen molar-refractivity contribution in [1.29, 1.82) is 0 Å². The number of carbonyl (C=O) groups is 1. The van der Waals surface area contributed by atoms with Gasteiger partial charge in [-0.2, -0.15) is 0 Å². The number of amides is 1. The van der Waals surface area contributed by atoms with Gasteiger partial charge >= 0.3 is 0 Å². The summed E-state index contributed by atoms with van der Waals surface area (Å²) < 4.78 is 0. The van der Waals surface area contributed by atoms with Gasteiger partial charge in [0.2, 0.25) is 0 Å². The summed E-state index contributed by atoms with van der Waals surface area (Å²) in [5.74, 6) is -0.148. The largest absolute Gasteiger partial charge is 0.307 e. The number of anilines is 1. The molecular weight excluding hydrogens is 330 g/mol. The average Bonchev–Trinajstić information content (AvgIpc) is 3.04. The number of nitrogens with zero attached hydrogens (tertiary/aromatic N) is 3. The van der Waals surface area contributed by atoms with Crippen LogP contribution in [0.25, 0.3) is 10.9 Å². The van der Waals surface area contributed by atoms with Crippen molar-refractivity contribution in [2.24, 2.45) is 0 Å². The van der Waals surface area contributed by atoms with Crippen LogP contribution in [0, 0.1) is 24.0 Å². The van der Waals surface area contributed by atoms with Gasteiger partial charge in [0, 0.05) is 29.8 Å². The molecule has 4 rings (SSSR count). The van der Waals surface area contributed by atoms with Gasteiger partial charge in [-0.25, -0.2) is 0 Å². The van der Waals surface area contributed by atoms with E-state index in [0.29, 0.717) is 24.2 Å². The summed E-state index contributed by atoms with van der Waals surface area (Å²) in [6, 6.07) is 12.3. The van der Waals surface area contributed by atoms with E-state index < -0.39 is 4.92 Å². The van der Waals surface area contributed by atoms with E-state index in [1.54, 1.807) is 17.0 Å². The molecule has 0 spiro atoms. The molecule has 6 nitrogen and oxygen atoms in total. The van der Waals surface area contributed by atoms with Crippen molar-refractivity contribution in [3.05, 3.63) is 75.0 Å². The second-order valence-electron chi connectivity index (χ2n) is 6.61. The highest BCUT2D eigenvalue weighted by molar-refractivity contribution is 6.14. The van der Waals surface area contributed by atoms with Crippen LogP contribution in [-0.2, 0) is 6.42 Å². The quantitative estimate of drug-likeness (QED) is 0.519. The Kier molecular flexibility index (Phi) is 3.68.